The molecule has 11 nitrogen and oxygen atoms in total. The summed E-state index contributed by atoms with van der Waals surface area (Å²) in [5, 5.41) is 19.3. The Kier molecular flexibility index (Phi) is 8.07. The molecule has 7 rings (SSSR count). The van der Waals surface area contributed by atoms with E-state index < -0.39 is 26.1 Å². The Labute approximate surface area is 280 Å². The largest absolute Gasteiger partial charge is 0.482 e. The van der Waals surface area contributed by atoms with Crippen LogP contribution in [0, 0.1) is 5.92 Å². The normalized spacial score (nSPS) is 24.1. The van der Waals surface area contributed by atoms with Gasteiger partial charge in [-0.3, -0.25) is 19.2 Å². The van der Waals surface area contributed by atoms with Gasteiger partial charge in [0.2, 0.25) is 0 Å². The van der Waals surface area contributed by atoms with E-state index in [4.69, 9.17) is 9.47 Å². The molecule has 5 atom stereocenters. The van der Waals surface area contributed by atoms with Gasteiger partial charge in [0.1, 0.15) is 17.5 Å². The number of amides is 2. The van der Waals surface area contributed by atoms with Gasteiger partial charge >= 0.3 is 0 Å². The van der Waals surface area contributed by atoms with Crippen molar-refractivity contribution in [3.05, 3.63) is 108 Å². The van der Waals surface area contributed by atoms with Crippen molar-refractivity contribution >= 4 is 37.2 Å². The molecule has 2 N–H and O–H groups in total. The van der Waals surface area contributed by atoms with Gasteiger partial charge < -0.3 is 24.3 Å². The van der Waals surface area contributed by atoms with E-state index in [1.54, 1.807) is 26.8 Å². The smallest absolute Gasteiger partial charge is 0.269 e. The van der Waals surface area contributed by atoms with Gasteiger partial charge in [0, 0.05) is 35.8 Å². The van der Waals surface area contributed by atoms with Crippen LogP contribution in [0.3, 0.4) is 0 Å². The van der Waals surface area contributed by atoms with Crippen molar-refractivity contribution in [1.82, 2.24) is 15.0 Å². The summed E-state index contributed by atoms with van der Waals surface area (Å²) in [5.41, 5.74) is 2.04. The molecule has 12 heteroatoms. The minimum Gasteiger partial charge on any atom is -0.482 e. The van der Waals surface area contributed by atoms with Crippen LogP contribution in [-0.4, -0.2) is 64.3 Å². The third-order valence-electron chi connectivity index (χ3n) is 9.84. The number of anilines is 3. The van der Waals surface area contributed by atoms with Crippen LogP contribution in [0.5, 0.6) is 5.75 Å². The number of para-hydroxylation sites is 2. The monoisotopic (exact) mass is 665 g/mol. The minimum absolute atomic E-state index is 0.103. The fourth-order valence-corrected chi connectivity index (χ4v) is 10.4. The number of aliphatic hydroxyl groups excluding tert-OH is 1. The topological polar surface area (TPSA) is 130 Å². The number of carbonyl (C=O) groups is 2. The van der Waals surface area contributed by atoms with Crippen molar-refractivity contribution in [2.24, 2.45) is 5.92 Å². The SMILES string of the molecule is C=CCN1C(=O)[C@]2(O[C@H](CCn3cc([C@H](O)c4ccccc4)nn3)[C@@H]([Si](C)(C)O)[C@@H]2C)c2cc(N3C(=O)COc4ccccc43)ccc21. The first-order chi connectivity index (χ1) is 23.0. The summed E-state index contributed by atoms with van der Waals surface area (Å²) in [6.07, 6.45) is 2.46. The van der Waals surface area contributed by atoms with Crippen molar-refractivity contribution in [2.45, 2.75) is 56.3 Å². The average molecular weight is 666 g/mol. The van der Waals surface area contributed by atoms with E-state index in [2.05, 4.69) is 16.9 Å². The van der Waals surface area contributed by atoms with Gasteiger partial charge in [-0.15, -0.1) is 11.7 Å². The zero-order valence-corrected chi connectivity index (χ0v) is 28.2. The highest BCUT2D eigenvalue weighted by Crippen LogP contribution is 2.60. The van der Waals surface area contributed by atoms with E-state index in [9.17, 15) is 19.5 Å². The lowest BCUT2D eigenvalue weighted by Gasteiger charge is -2.33. The third-order valence-corrected chi connectivity index (χ3v) is 12.3. The molecule has 1 spiro atoms. The average Bonchev–Trinajstić information content (AvgIpc) is 3.74. The predicted octanol–water partition coefficient (Wildman–Crippen LogP) is 4.84. The van der Waals surface area contributed by atoms with Gasteiger partial charge in [-0.1, -0.05) is 60.7 Å². The van der Waals surface area contributed by atoms with Crippen LogP contribution in [0.15, 0.2) is 91.6 Å². The molecule has 0 unspecified atom stereocenters. The van der Waals surface area contributed by atoms with Gasteiger partial charge in [0.05, 0.1) is 23.7 Å². The van der Waals surface area contributed by atoms with Crippen LogP contribution in [0.2, 0.25) is 18.6 Å². The quantitative estimate of drug-likeness (QED) is 0.192. The van der Waals surface area contributed by atoms with Crippen molar-refractivity contribution in [3.8, 4) is 5.75 Å². The molecule has 4 heterocycles. The molecule has 0 bridgehead atoms. The number of aryl methyl sites for hydroxylation is 1. The molecule has 3 aliphatic rings. The predicted molar refractivity (Wildman–Crippen MR) is 182 cm³/mol. The number of rotatable bonds is 9. The Balaban J connectivity index is 1.24. The van der Waals surface area contributed by atoms with Crippen LogP contribution < -0.4 is 14.5 Å². The molecule has 3 aliphatic heterocycles. The number of benzene rings is 3. The van der Waals surface area contributed by atoms with Crippen LogP contribution in [0.4, 0.5) is 17.1 Å². The number of ether oxygens (including phenoxy) is 2. The molecular formula is C36H39N5O6Si. The maximum Gasteiger partial charge on any atom is 0.269 e. The summed E-state index contributed by atoms with van der Waals surface area (Å²) in [7, 11) is -2.92. The lowest BCUT2D eigenvalue weighted by Crippen LogP contribution is -2.46. The highest BCUT2D eigenvalue weighted by atomic mass is 28.4. The van der Waals surface area contributed by atoms with Crippen LogP contribution in [0.1, 0.15) is 36.3 Å². The zero-order chi connectivity index (χ0) is 33.8. The van der Waals surface area contributed by atoms with E-state index in [1.165, 1.54) is 0 Å². The molecule has 1 aromatic heterocycles. The van der Waals surface area contributed by atoms with E-state index in [0.717, 1.165) is 5.56 Å². The summed E-state index contributed by atoms with van der Waals surface area (Å²) in [6, 6.07) is 22.2. The van der Waals surface area contributed by atoms with Gasteiger partial charge in [-0.25, -0.2) is 0 Å². The highest BCUT2D eigenvalue weighted by Gasteiger charge is 2.66. The fraction of sp³-hybridized carbons (Fsp3) is 0.333. The van der Waals surface area contributed by atoms with E-state index in [0.29, 0.717) is 47.0 Å². The van der Waals surface area contributed by atoms with Crippen molar-refractivity contribution in [1.29, 1.82) is 0 Å². The molecule has 0 aliphatic carbocycles. The highest BCUT2D eigenvalue weighted by molar-refractivity contribution is 6.71. The van der Waals surface area contributed by atoms with Crippen LogP contribution in [-0.2, 0) is 26.5 Å². The second kappa shape index (κ2) is 12.1. The number of aliphatic hydroxyl groups is 1. The standard InChI is InChI=1S/C36H39N5O6Si/c1-5-18-40-28-16-15-25(41-29-13-9-10-14-30(29)46-22-32(41)42)20-26(28)36(35(40)44)23(2)34(48(3,4)45)31(47-36)17-19-39-21-27(37-38-39)33(43)24-11-7-6-8-12-24/h5-16,20-21,23,31,33-34,43,45H,1,17-19,22H2,2-4H3/t23-,31+,33+,34-,36+/m0/s1. The van der Waals surface area contributed by atoms with Gasteiger partial charge in [-0.2, -0.15) is 0 Å². The first-order valence-corrected chi connectivity index (χ1v) is 19.2. The number of fused-ring (bicyclic) bond motifs is 3. The Morgan fingerprint density at radius 3 is 2.58 bits per heavy atom. The van der Waals surface area contributed by atoms with E-state index in [-0.39, 0.29) is 36.4 Å². The van der Waals surface area contributed by atoms with Crippen LogP contribution >= 0.6 is 0 Å². The summed E-state index contributed by atoms with van der Waals surface area (Å²) < 4.78 is 14.3. The molecule has 0 saturated carbocycles. The lowest BCUT2D eigenvalue weighted by molar-refractivity contribution is -0.145. The summed E-state index contributed by atoms with van der Waals surface area (Å²) >= 11 is 0. The second-order valence-corrected chi connectivity index (χ2v) is 17.2. The number of hydrogen-bond acceptors (Lipinski definition) is 8. The third kappa shape index (κ3) is 5.16. The lowest BCUT2D eigenvalue weighted by atomic mass is 9.82. The zero-order valence-electron chi connectivity index (χ0n) is 27.2. The first kappa shape index (κ1) is 31.9. The molecule has 1 saturated heterocycles. The van der Waals surface area contributed by atoms with Crippen molar-refractivity contribution < 1.29 is 29.0 Å². The molecule has 4 aromatic rings. The van der Waals surface area contributed by atoms with Gasteiger partial charge in [0.25, 0.3) is 11.8 Å². The summed E-state index contributed by atoms with van der Waals surface area (Å²) in [4.78, 5) is 42.8. The molecule has 1 fully saturated rings. The molecule has 3 aromatic carbocycles. The Bertz CT molecular complexity index is 1880. The Morgan fingerprint density at radius 2 is 1.83 bits per heavy atom. The second-order valence-electron chi connectivity index (χ2n) is 13.3. The molecule has 248 valence electrons. The Morgan fingerprint density at radius 1 is 1.08 bits per heavy atom. The molecular weight excluding hydrogens is 627 g/mol. The number of nitrogens with zero attached hydrogens (tertiary/aromatic N) is 5. The maximum absolute atomic E-state index is 14.6. The van der Waals surface area contributed by atoms with Crippen LogP contribution in [0.25, 0.3) is 0 Å². The molecule has 0 radical (unpaired) electrons. The molecule has 2 amide bonds. The number of hydrogen-bond donors (Lipinski definition) is 2. The van der Waals surface area contributed by atoms with Crippen molar-refractivity contribution in [2.75, 3.05) is 23.0 Å². The number of aromatic nitrogens is 3. The maximum atomic E-state index is 14.6. The molecule has 48 heavy (non-hydrogen) atoms. The van der Waals surface area contributed by atoms with Gasteiger partial charge in [0.15, 0.2) is 20.5 Å². The summed E-state index contributed by atoms with van der Waals surface area (Å²) in [6.45, 7) is 10.2. The van der Waals surface area contributed by atoms with E-state index >= 15 is 0 Å². The Hall–Kier alpha value is -4.62. The summed E-state index contributed by atoms with van der Waals surface area (Å²) in [5.74, 6) is -0.220. The number of carbonyl (C=O) groups excluding carboxylic acids is 2. The van der Waals surface area contributed by atoms with Gasteiger partial charge in [-0.05, 0) is 55.4 Å². The minimum atomic E-state index is -2.92. The fourth-order valence-electron chi connectivity index (χ4n) is 7.78. The first-order valence-electron chi connectivity index (χ1n) is 16.2. The van der Waals surface area contributed by atoms with Crippen molar-refractivity contribution in [3.63, 3.8) is 0 Å². The van der Waals surface area contributed by atoms with E-state index in [1.807, 2.05) is 92.8 Å².